The van der Waals surface area contributed by atoms with Gasteiger partial charge in [0, 0.05) is 12.3 Å². The van der Waals surface area contributed by atoms with Gasteiger partial charge in [-0.05, 0) is 0 Å². The van der Waals surface area contributed by atoms with Gasteiger partial charge in [-0.1, -0.05) is 0 Å². The fraction of sp³-hybridized carbons (Fsp3) is 1.00. The Bertz CT molecular complexity index is 155. The summed E-state index contributed by atoms with van der Waals surface area (Å²) in [6.45, 7) is 0. The first kappa shape index (κ1) is 12.8. The molecule has 0 rings (SSSR count). The van der Waals surface area contributed by atoms with Crippen LogP contribution in [0.1, 0.15) is 6.42 Å². The average Bonchev–Trinajstić information content (AvgIpc) is 1.82. The van der Waals surface area contributed by atoms with E-state index in [1.807, 2.05) is 0 Å². The van der Waals surface area contributed by atoms with Gasteiger partial charge in [0.15, 0.2) is 0 Å². The molecule has 0 unspecified atom stereocenters. The molecule has 0 aliphatic carbocycles. The number of alkyl halides is 8. The molecule has 0 aromatic carbocycles. The number of hydrogen-bond acceptors (Lipinski definition) is 0. The molecule has 0 aromatic heterocycles. The Balaban J connectivity index is 4.96. The van der Waals surface area contributed by atoms with Crippen molar-refractivity contribution in [2.75, 3.05) is 5.88 Å². The first-order chi connectivity index (χ1) is 5.56. The molecule has 0 saturated carbocycles. The average molecular weight is 233 g/mol. The third-order valence-corrected chi connectivity index (χ3v) is 1.53. The smallest absolute Gasteiger partial charge is 0.224 e. The molecule has 13 heavy (non-hydrogen) atoms. The highest BCUT2D eigenvalue weighted by Crippen LogP contribution is 2.48. The second-order valence-electron chi connectivity index (χ2n) is 2.24. The summed E-state index contributed by atoms with van der Waals surface area (Å²) in [6.07, 6.45) is -13.8. The van der Waals surface area contributed by atoms with Gasteiger partial charge < -0.3 is 0 Å². The van der Waals surface area contributed by atoms with Gasteiger partial charge in [0.05, 0.1) is 0 Å². The minimum absolute atomic E-state index is 1.06. The lowest BCUT2D eigenvalue weighted by Gasteiger charge is -2.29. The predicted octanol–water partition coefficient (Wildman–Crippen LogP) is 3.45. The van der Waals surface area contributed by atoms with Gasteiger partial charge in [-0.15, -0.1) is 11.6 Å². The molecule has 0 aromatic rings. The van der Waals surface area contributed by atoms with Crippen molar-refractivity contribution in [3.05, 3.63) is 0 Å². The van der Waals surface area contributed by atoms with Crippen molar-refractivity contribution in [2.24, 2.45) is 0 Å². The van der Waals surface area contributed by atoms with Crippen LogP contribution in [0.15, 0.2) is 0 Å². The van der Waals surface area contributed by atoms with Crippen LogP contribution >= 0.6 is 11.6 Å². The van der Waals surface area contributed by atoms with E-state index in [4.69, 9.17) is 0 Å². The van der Waals surface area contributed by atoms with Gasteiger partial charge >= 0.3 is 12.4 Å². The molecule has 0 N–H and O–H groups in total. The topological polar surface area (TPSA) is 0 Å². The molecule has 80 valence electrons. The lowest BCUT2D eigenvalue weighted by atomic mass is 10.0. The Kier molecular flexibility index (Phi) is 3.46. The molecular formula is C5H4ClF7. The van der Waals surface area contributed by atoms with E-state index >= 15 is 0 Å². The van der Waals surface area contributed by atoms with E-state index in [1.165, 1.54) is 0 Å². The Hall–Kier alpha value is -0.200. The molecule has 0 heterocycles. The maximum absolute atomic E-state index is 12.5. The quantitative estimate of drug-likeness (QED) is 0.505. The van der Waals surface area contributed by atoms with Gasteiger partial charge in [-0.3, -0.25) is 0 Å². The van der Waals surface area contributed by atoms with Crippen LogP contribution < -0.4 is 0 Å². The molecule has 0 aliphatic heterocycles. The zero-order valence-corrected chi connectivity index (χ0v) is 6.69. The van der Waals surface area contributed by atoms with Crippen LogP contribution in [0.2, 0.25) is 0 Å². The first-order valence-corrected chi connectivity index (χ1v) is 3.48. The van der Waals surface area contributed by atoms with E-state index in [9.17, 15) is 30.7 Å². The van der Waals surface area contributed by atoms with Crippen LogP contribution in [0.3, 0.4) is 0 Å². The molecular weight excluding hydrogens is 228 g/mol. The minimum atomic E-state index is -5.99. The van der Waals surface area contributed by atoms with Gasteiger partial charge in [0.1, 0.15) is 0 Å². The minimum Gasteiger partial charge on any atom is -0.224 e. The highest BCUT2D eigenvalue weighted by molar-refractivity contribution is 6.17. The Morgan fingerprint density at radius 3 is 1.15 bits per heavy atom. The fourth-order valence-electron chi connectivity index (χ4n) is 0.574. The van der Waals surface area contributed by atoms with Crippen LogP contribution in [0.25, 0.3) is 0 Å². The van der Waals surface area contributed by atoms with Crippen LogP contribution in [0.4, 0.5) is 30.7 Å². The molecule has 0 radical (unpaired) electrons. The Morgan fingerprint density at radius 2 is 1.08 bits per heavy atom. The van der Waals surface area contributed by atoms with Gasteiger partial charge in [-0.2, -0.15) is 26.3 Å². The van der Waals surface area contributed by atoms with Crippen molar-refractivity contribution >= 4 is 11.6 Å². The molecule has 0 bridgehead atoms. The van der Waals surface area contributed by atoms with Gasteiger partial charge in [0.2, 0.25) is 0 Å². The van der Waals surface area contributed by atoms with Crippen LogP contribution in [0, 0.1) is 0 Å². The fourth-order valence-corrected chi connectivity index (χ4v) is 0.835. The maximum atomic E-state index is 12.5. The summed E-state index contributed by atoms with van der Waals surface area (Å²) in [4.78, 5) is 0. The highest BCUT2D eigenvalue weighted by Gasteiger charge is 2.71. The molecule has 0 amide bonds. The summed E-state index contributed by atoms with van der Waals surface area (Å²) in [7, 11) is 0. The number of halogens is 8. The molecule has 0 atom stereocenters. The SMILES string of the molecule is FC(F)(F)C(F)(CCCl)C(F)(F)F. The lowest BCUT2D eigenvalue weighted by Crippen LogP contribution is -2.53. The van der Waals surface area contributed by atoms with Crippen molar-refractivity contribution in [3.63, 3.8) is 0 Å². The third kappa shape index (κ3) is 2.38. The van der Waals surface area contributed by atoms with E-state index in [0.29, 0.717) is 0 Å². The highest BCUT2D eigenvalue weighted by atomic mass is 35.5. The zero-order chi connectivity index (χ0) is 10.9. The molecule has 0 aliphatic rings. The molecule has 8 heteroatoms. The van der Waals surface area contributed by atoms with Gasteiger partial charge in [-0.25, -0.2) is 4.39 Å². The summed E-state index contributed by atoms with van der Waals surface area (Å²) in [6, 6.07) is 0. The Morgan fingerprint density at radius 1 is 0.769 bits per heavy atom. The predicted molar refractivity (Wildman–Crippen MR) is 31.3 cm³/mol. The van der Waals surface area contributed by atoms with Crippen LogP contribution in [-0.4, -0.2) is 23.9 Å². The van der Waals surface area contributed by atoms with Gasteiger partial charge in [0.25, 0.3) is 5.67 Å². The van der Waals surface area contributed by atoms with Crippen molar-refractivity contribution in [2.45, 2.75) is 24.4 Å². The van der Waals surface area contributed by atoms with Crippen molar-refractivity contribution < 1.29 is 30.7 Å². The number of rotatable bonds is 2. The third-order valence-electron chi connectivity index (χ3n) is 1.34. The zero-order valence-electron chi connectivity index (χ0n) is 5.94. The van der Waals surface area contributed by atoms with Crippen molar-refractivity contribution in [1.29, 1.82) is 0 Å². The van der Waals surface area contributed by atoms with Crippen LogP contribution in [0.5, 0.6) is 0 Å². The standard InChI is InChI=1S/C5H4ClF7/c6-2-1-3(7,4(8,9)10)5(11,12)13/h1-2H2. The van der Waals surface area contributed by atoms with E-state index in [1.54, 1.807) is 0 Å². The first-order valence-electron chi connectivity index (χ1n) is 2.94. The van der Waals surface area contributed by atoms with E-state index in [2.05, 4.69) is 11.6 Å². The summed E-state index contributed by atoms with van der Waals surface area (Å²) in [5.74, 6) is -1.06. The monoisotopic (exact) mass is 232 g/mol. The molecule has 0 spiro atoms. The molecule has 0 nitrogen and oxygen atoms in total. The second kappa shape index (κ2) is 3.51. The summed E-state index contributed by atoms with van der Waals surface area (Å²) >= 11 is 4.66. The van der Waals surface area contributed by atoms with Crippen molar-refractivity contribution in [1.82, 2.24) is 0 Å². The van der Waals surface area contributed by atoms with E-state index in [-0.39, 0.29) is 0 Å². The lowest BCUT2D eigenvalue weighted by molar-refractivity contribution is -0.341. The number of hydrogen-bond donors (Lipinski definition) is 0. The van der Waals surface area contributed by atoms with E-state index < -0.39 is 30.3 Å². The maximum Gasteiger partial charge on any atom is 0.431 e. The molecule has 0 saturated heterocycles. The van der Waals surface area contributed by atoms with E-state index in [0.717, 1.165) is 0 Å². The molecule has 0 fully saturated rings. The summed E-state index contributed by atoms with van der Waals surface area (Å²) < 4.78 is 82.3. The van der Waals surface area contributed by atoms with Crippen LogP contribution in [-0.2, 0) is 0 Å². The normalized spacial score (nSPS) is 14.8. The largest absolute Gasteiger partial charge is 0.431 e. The second-order valence-corrected chi connectivity index (χ2v) is 2.61. The Labute approximate surface area is 73.7 Å². The summed E-state index contributed by atoms with van der Waals surface area (Å²) in [5.41, 5.74) is -5.21. The van der Waals surface area contributed by atoms with Crippen molar-refractivity contribution in [3.8, 4) is 0 Å². The summed E-state index contributed by atoms with van der Waals surface area (Å²) in [5, 5.41) is 0.